The van der Waals surface area contributed by atoms with Crippen molar-refractivity contribution >= 4 is 0 Å². The maximum absolute atomic E-state index is 6.25. The topological polar surface area (TPSA) is 9.23 Å². The summed E-state index contributed by atoms with van der Waals surface area (Å²) in [6.07, 6.45) is 11.9. The maximum atomic E-state index is 6.25. The van der Waals surface area contributed by atoms with Gasteiger partial charge in [0, 0.05) is 6.61 Å². The van der Waals surface area contributed by atoms with Crippen LogP contribution in [0, 0.1) is 99.1 Å². The van der Waals surface area contributed by atoms with Crippen LogP contribution in [0.15, 0.2) is 0 Å². The summed E-state index contributed by atoms with van der Waals surface area (Å²) in [7, 11) is 0. The quantitative estimate of drug-likeness (QED) is 0.320. The van der Waals surface area contributed by atoms with Crippen molar-refractivity contribution in [2.45, 2.75) is 147 Å². The fraction of sp³-hybridized carbons (Fsp3) is 1.00. The molecule has 0 aromatic carbocycles. The van der Waals surface area contributed by atoms with Crippen molar-refractivity contribution in [1.82, 2.24) is 0 Å². The zero-order valence-corrected chi connectivity index (χ0v) is 29.9. The highest BCUT2D eigenvalue weighted by molar-refractivity contribution is 5.17. The molecule has 0 spiro atoms. The van der Waals surface area contributed by atoms with Gasteiger partial charge in [0.2, 0.25) is 0 Å². The van der Waals surface area contributed by atoms with Gasteiger partial charge in [-0.2, -0.15) is 0 Å². The van der Waals surface area contributed by atoms with Crippen LogP contribution in [0.2, 0.25) is 0 Å². The van der Waals surface area contributed by atoms with Gasteiger partial charge in [-0.15, -0.1) is 0 Å². The lowest BCUT2D eigenvalue weighted by atomic mass is 9.31. The summed E-state index contributed by atoms with van der Waals surface area (Å²) in [5.74, 6) is 12.0. The third-order valence-corrected chi connectivity index (χ3v) is 16.4. The molecule has 0 N–H and O–H groups in total. The standard InChI is InChI=1S/C40H72O/c1-14-41-31-17-15-16-30(18-31)33-19-32(23(2)3)34-21-38(11)22-39(12)20-25(6)35(24(4)5)28(9)40(39,13)29(10)37(38)27(8)36(34)26(33)7/h23-37H,14-22H2,1-13H3. The third-order valence-electron chi connectivity index (χ3n) is 16.4. The molecule has 238 valence electrons. The molecule has 5 aliphatic rings. The molecule has 16 atom stereocenters. The molecule has 5 saturated carbocycles. The van der Waals surface area contributed by atoms with Gasteiger partial charge in [0.05, 0.1) is 6.10 Å². The van der Waals surface area contributed by atoms with E-state index in [0.29, 0.717) is 22.3 Å². The van der Waals surface area contributed by atoms with Crippen molar-refractivity contribution in [3.8, 4) is 0 Å². The van der Waals surface area contributed by atoms with E-state index in [4.69, 9.17) is 4.74 Å². The van der Waals surface area contributed by atoms with Crippen molar-refractivity contribution in [2.75, 3.05) is 6.61 Å². The van der Waals surface area contributed by atoms with Gasteiger partial charge >= 0.3 is 0 Å². The lowest BCUT2D eigenvalue weighted by molar-refractivity contribution is -0.252. The van der Waals surface area contributed by atoms with Crippen molar-refractivity contribution in [3.63, 3.8) is 0 Å². The van der Waals surface area contributed by atoms with Crippen LogP contribution in [-0.4, -0.2) is 12.7 Å². The van der Waals surface area contributed by atoms with E-state index in [1.54, 1.807) is 0 Å². The maximum Gasteiger partial charge on any atom is 0.0577 e. The van der Waals surface area contributed by atoms with Gasteiger partial charge in [0.1, 0.15) is 0 Å². The van der Waals surface area contributed by atoms with Crippen molar-refractivity contribution in [3.05, 3.63) is 0 Å². The molecular weight excluding hydrogens is 496 g/mol. The van der Waals surface area contributed by atoms with Crippen molar-refractivity contribution in [1.29, 1.82) is 0 Å². The molecule has 5 aliphatic carbocycles. The summed E-state index contributed by atoms with van der Waals surface area (Å²) >= 11 is 0. The highest BCUT2D eigenvalue weighted by atomic mass is 16.5. The van der Waals surface area contributed by atoms with Crippen LogP contribution in [0.5, 0.6) is 0 Å². The zero-order chi connectivity index (χ0) is 30.2. The molecular formula is C40H72O. The minimum Gasteiger partial charge on any atom is -0.378 e. The van der Waals surface area contributed by atoms with Gasteiger partial charge in [-0.05, 0) is 151 Å². The van der Waals surface area contributed by atoms with E-state index in [-0.39, 0.29) is 0 Å². The monoisotopic (exact) mass is 569 g/mol. The Balaban J connectivity index is 1.50. The van der Waals surface area contributed by atoms with Gasteiger partial charge in [-0.1, -0.05) is 89.5 Å². The summed E-state index contributed by atoms with van der Waals surface area (Å²) in [6, 6.07) is 0. The Bertz CT molecular complexity index is 904. The molecule has 0 aromatic rings. The van der Waals surface area contributed by atoms with E-state index in [0.717, 1.165) is 89.5 Å². The molecule has 41 heavy (non-hydrogen) atoms. The molecule has 0 saturated heterocycles. The Morgan fingerprint density at radius 2 is 1.46 bits per heavy atom. The second-order valence-corrected chi connectivity index (χ2v) is 18.8. The van der Waals surface area contributed by atoms with Crippen LogP contribution in [-0.2, 0) is 4.74 Å². The zero-order valence-electron chi connectivity index (χ0n) is 29.9. The minimum absolute atomic E-state index is 0.433. The first-order valence-corrected chi connectivity index (χ1v) is 18.7. The van der Waals surface area contributed by atoms with Gasteiger partial charge in [-0.25, -0.2) is 0 Å². The van der Waals surface area contributed by atoms with Gasteiger partial charge in [-0.3, -0.25) is 0 Å². The first kappa shape index (κ1) is 32.4. The first-order chi connectivity index (χ1) is 19.1. The van der Waals surface area contributed by atoms with E-state index in [2.05, 4.69) is 90.0 Å². The van der Waals surface area contributed by atoms with Gasteiger partial charge in [0.15, 0.2) is 0 Å². The van der Waals surface area contributed by atoms with E-state index in [9.17, 15) is 0 Å². The number of ether oxygens (including phenoxy) is 1. The van der Waals surface area contributed by atoms with E-state index in [1.807, 2.05) is 0 Å². The summed E-state index contributed by atoms with van der Waals surface area (Å²) in [6.45, 7) is 35.2. The number of fused-ring (bicyclic) bond motifs is 3. The molecule has 0 aliphatic heterocycles. The predicted molar refractivity (Wildman–Crippen MR) is 177 cm³/mol. The highest BCUT2D eigenvalue weighted by Crippen LogP contribution is 2.75. The molecule has 5 rings (SSSR count). The van der Waals surface area contributed by atoms with Crippen LogP contribution in [0.1, 0.15) is 141 Å². The molecule has 1 heteroatoms. The Hall–Kier alpha value is -0.0400. The molecule has 0 amide bonds. The summed E-state index contributed by atoms with van der Waals surface area (Å²) in [5, 5.41) is 0. The number of hydrogen-bond acceptors (Lipinski definition) is 1. The van der Waals surface area contributed by atoms with Crippen molar-refractivity contribution in [2.24, 2.45) is 99.1 Å². The normalized spacial score (nSPS) is 55.8. The van der Waals surface area contributed by atoms with Crippen LogP contribution < -0.4 is 0 Å². The second kappa shape index (κ2) is 11.4. The van der Waals surface area contributed by atoms with Crippen LogP contribution >= 0.6 is 0 Å². The number of rotatable bonds is 5. The lowest BCUT2D eigenvalue weighted by Crippen LogP contribution is -2.67. The molecule has 0 heterocycles. The minimum atomic E-state index is 0.433. The third kappa shape index (κ3) is 4.94. The summed E-state index contributed by atoms with van der Waals surface area (Å²) in [4.78, 5) is 0. The largest absolute Gasteiger partial charge is 0.378 e. The van der Waals surface area contributed by atoms with Gasteiger partial charge < -0.3 is 4.74 Å². The molecule has 0 aromatic heterocycles. The molecule has 16 unspecified atom stereocenters. The highest BCUT2D eigenvalue weighted by Gasteiger charge is 2.69. The number of hydrogen-bond donors (Lipinski definition) is 0. The Kier molecular flexibility index (Phi) is 8.99. The predicted octanol–water partition coefficient (Wildman–Crippen LogP) is 11.4. The molecule has 0 radical (unpaired) electrons. The molecule has 1 nitrogen and oxygen atoms in total. The average Bonchev–Trinajstić information content (AvgIpc) is 2.86. The second-order valence-electron chi connectivity index (χ2n) is 18.8. The molecule has 5 fully saturated rings. The van der Waals surface area contributed by atoms with E-state index in [1.165, 1.54) is 51.4 Å². The fourth-order valence-electron chi connectivity index (χ4n) is 15.2. The SMILES string of the molecule is CCOC1CCCC(C2CC(C(C)C)C3CC4(C)CC5(C)CC(C)C(C(C)C)C(C)C5(C)C(C)C4C(C)C3C2C)C1. The van der Waals surface area contributed by atoms with Crippen LogP contribution in [0.4, 0.5) is 0 Å². The summed E-state index contributed by atoms with van der Waals surface area (Å²) in [5.41, 5.74) is 1.38. The molecule has 0 bridgehead atoms. The van der Waals surface area contributed by atoms with Crippen LogP contribution in [0.25, 0.3) is 0 Å². The Morgan fingerprint density at radius 3 is 2.07 bits per heavy atom. The fourth-order valence-corrected chi connectivity index (χ4v) is 15.2. The van der Waals surface area contributed by atoms with Crippen molar-refractivity contribution < 1.29 is 4.74 Å². The van der Waals surface area contributed by atoms with E-state index < -0.39 is 0 Å². The van der Waals surface area contributed by atoms with Gasteiger partial charge in [0.25, 0.3) is 0 Å². The summed E-state index contributed by atoms with van der Waals surface area (Å²) < 4.78 is 6.25. The first-order valence-electron chi connectivity index (χ1n) is 18.7. The smallest absolute Gasteiger partial charge is 0.0577 e. The lowest BCUT2D eigenvalue weighted by Gasteiger charge is -2.73. The van der Waals surface area contributed by atoms with E-state index >= 15 is 0 Å². The Morgan fingerprint density at radius 1 is 0.780 bits per heavy atom. The van der Waals surface area contributed by atoms with Crippen LogP contribution in [0.3, 0.4) is 0 Å². The average molecular weight is 569 g/mol. The Labute approximate surface area is 257 Å².